The summed E-state index contributed by atoms with van der Waals surface area (Å²) in [7, 11) is 1.64. The van der Waals surface area contributed by atoms with Crippen LogP contribution in [0, 0.1) is 0 Å². The van der Waals surface area contributed by atoms with Crippen LogP contribution < -0.4 is 15.0 Å². The Bertz CT molecular complexity index is 887. The number of para-hydroxylation sites is 3. The Morgan fingerprint density at radius 2 is 1.81 bits per heavy atom. The summed E-state index contributed by atoms with van der Waals surface area (Å²) in [6.45, 7) is 2.70. The van der Waals surface area contributed by atoms with E-state index < -0.39 is 0 Å². The molecule has 1 N–H and O–H groups in total. The van der Waals surface area contributed by atoms with Gasteiger partial charge in [-0.05, 0) is 43.5 Å². The third-order valence-electron chi connectivity index (χ3n) is 4.85. The fourth-order valence-electron chi connectivity index (χ4n) is 3.47. The molecule has 0 amide bonds. The van der Waals surface area contributed by atoms with Gasteiger partial charge in [-0.1, -0.05) is 29.4 Å². The van der Waals surface area contributed by atoms with E-state index in [9.17, 15) is 0 Å². The average molecular weight is 364 g/mol. The van der Waals surface area contributed by atoms with Crippen molar-refractivity contribution in [3.05, 3.63) is 54.4 Å². The Kier molecular flexibility index (Phi) is 5.23. The highest BCUT2D eigenvalue weighted by molar-refractivity contribution is 5.70. The molecule has 1 aliphatic rings. The van der Waals surface area contributed by atoms with Gasteiger partial charge in [0.1, 0.15) is 5.75 Å². The largest absolute Gasteiger partial charge is 0.496 e. The highest BCUT2D eigenvalue weighted by Crippen LogP contribution is 2.29. The summed E-state index contributed by atoms with van der Waals surface area (Å²) in [6.07, 6.45) is 3.82. The van der Waals surface area contributed by atoms with E-state index in [0.29, 0.717) is 18.3 Å². The fraction of sp³-hybridized carbons (Fsp3) is 0.333. The number of nitrogens with zero attached hydrogens (tertiary/aromatic N) is 3. The molecule has 6 nitrogen and oxygen atoms in total. The summed E-state index contributed by atoms with van der Waals surface area (Å²) in [6, 6.07) is 16.1. The third kappa shape index (κ3) is 3.89. The van der Waals surface area contributed by atoms with Crippen molar-refractivity contribution in [2.45, 2.75) is 25.8 Å². The molecule has 0 bridgehead atoms. The van der Waals surface area contributed by atoms with Crippen LogP contribution in [0.25, 0.3) is 11.4 Å². The first-order valence-corrected chi connectivity index (χ1v) is 9.39. The minimum Gasteiger partial charge on any atom is -0.496 e. The first-order valence-electron chi connectivity index (χ1n) is 9.39. The molecule has 6 heteroatoms. The zero-order valence-electron chi connectivity index (χ0n) is 15.5. The molecular weight excluding hydrogens is 340 g/mol. The Morgan fingerprint density at radius 1 is 1.04 bits per heavy atom. The molecule has 0 atom stereocenters. The summed E-state index contributed by atoms with van der Waals surface area (Å²) in [4.78, 5) is 6.96. The van der Waals surface area contributed by atoms with Crippen molar-refractivity contribution < 1.29 is 9.26 Å². The molecule has 0 aliphatic carbocycles. The molecule has 0 spiro atoms. The molecule has 4 rings (SSSR count). The Labute approximate surface area is 159 Å². The van der Waals surface area contributed by atoms with Crippen molar-refractivity contribution in [2.24, 2.45) is 0 Å². The SMILES string of the molecule is COc1ccccc1-c1noc(CNc2ccccc2N2CCCCC2)n1. The Hall–Kier alpha value is -3.02. The molecule has 2 aromatic carbocycles. The summed E-state index contributed by atoms with van der Waals surface area (Å²) in [5, 5.41) is 7.55. The molecule has 2 heterocycles. The third-order valence-corrected chi connectivity index (χ3v) is 4.85. The van der Waals surface area contributed by atoms with Crippen molar-refractivity contribution in [2.75, 3.05) is 30.4 Å². The topological polar surface area (TPSA) is 63.4 Å². The van der Waals surface area contributed by atoms with Crippen molar-refractivity contribution >= 4 is 11.4 Å². The maximum atomic E-state index is 5.43. The summed E-state index contributed by atoms with van der Waals surface area (Å²) in [5.74, 6) is 1.81. The maximum Gasteiger partial charge on any atom is 0.246 e. The standard InChI is InChI=1S/C21H24N4O2/c1-26-19-12-6-3-9-16(19)21-23-20(27-24-21)15-22-17-10-4-5-11-18(17)25-13-7-2-8-14-25/h3-6,9-12,22H,2,7-8,13-15H2,1H3. The van der Waals surface area contributed by atoms with Crippen molar-refractivity contribution in [3.8, 4) is 17.1 Å². The number of benzene rings is 2. The van der Waals surface area contributed by atoms with Gasteiger partial charge in [0, 0.05) is 13.1 Å². The molecule has 0 radical (unpaired) electrons. The summed E-state index contributed by atoms with van der Waals surface area (Å²) < 4.78 is 10.8. The molecule has 1 saturated heterocycles. The lowest BCUT2D eigenvalue weighted by Gasteiger charge is -2.30. The van der Waals surface area contributed by atoms with E-state index in [1.54, 1.807) is 7.11 Å². The van der Waals surface area contributed by atoms with Gasteiger partial charge < -0.3 is 19.5 Å². The summed E-state index contributed by atoms with van der Waals surface area (Å²) in [5.41, 5.74) is 3.15. The molecule has 0 saturated carbocycles. The highest BCUT2D eigenvalue weighted by atomic mass is 16.5. The smallest absolute Gasteiger partial charge is 0.246 e. The second kappa shape index (κ2) is 8.12. The quantitative estimate of drug-likeness (QED) is 0.702. The van der Waals surface area contributed by atoms with Crippen LogP contribution in [0.2, 0.25) is 0 Å². The van der Waals surface area contributed by atoms with E-state index in [1.807, 2.05) is 30.3 Å². The van der Waals surface area contributed by atoms with Crippen LogP contribution in [-0.4, -0.2) is 30.3 Å². The predicted molar refractivity (Wildman–Crippen MR) is 106 cm³/mol. The molecule has 1 aliphatic heterocycles. The van der Waals surface area contributed by atoms with Crippen LogP contribution in [0.3, 0.4) is 0 Å². The number of rotatable bonds is 6. The molecule has 3 aromatic rings. The minimum atomic E-state index is 0.479. The van der Waals surface area contributed by atoms with Crippen LogP contribution in [0.1, 0.15) is 25.2 Å². The van der Waals surface area contributed by atoms with E-state index in [0.717, 1.165) is 30.1 Å². The van der Waals surface area contributed by atoms with E-state index in [1.165, 1.54) is 24.9 Å². The predicted octanol–water partition coefficient (Wildman–Crippen LogP) is 4.35. The average Bonchev–Trinajstić information content (AvgIpc) is 3.22. The monoisotopic (exact) mass is 364 g/mol. The lowest BCUT2D eigenvalue weighted by atomic mass is 10.1. The molecule has 1 fully saturated rings. The fourth-order valence-corrected chi connectivity index (χ4v) is 3.47. The van der Waals surface area contributed by atoms with Gasteiger partial charge in [0.25, 0.3) is 0 Å². The first kappa shape index (κ1) is 17.4. The van der Waals surface area contributed by atoms with Crippen molar-refractivity contribution in [3.63, 3.8) is 0 Å². The Morgan fingerprint density at radius 3 is 2.67 bits per heavy atom. The lowest BCUT2D eigenvalue weighted by Crippen LogP contribution is -2.30. The van der Waals surface area contributed by atoms with Crippen molar-refractivity contribution in [1.29, 1.82) is 0 Å². The van der Waals surface area contributed by atoms with Gasteiger partial charge in [-0.3, -0.25) is 0 Å². The van der Waals surface area contributed by atoms with E-state index in [2.05, 4.69) is 38.6 Å². The number of aromatic nitrogens is 2. The number of ether oxygens (including phenoxy) is 1. The van der Waals surface area contributed by atoms with Crippen LogP contribution in [0.4, 0.5) is 11.4 Å². The number of anilines is 2. The van der Waals surface area contributed by atoms with Gasteiger partial charge in [-0.15, -0.1) is 0 Å². The van der Waals surface area contributed by atoms with E-state index >= 15 is 0 Å². The van der Waals surface area contributed by atoms with Gasteiger partial charge in [-0.2, -0.15) is 4.98 Å². The minimum absolute atomic E-state index is 0.479. The molecular formula is C21H24N4O2. The van der Waals surface area contributed by atoms with E-state index in [4.69, 9.17) is 9.26 Å². The second-order valence-electron chi connectivity index (χ2n) is 6.63. The lowest BCUT2D eigenvalue weighted by molar-refractivity contribution is 0.383. The number of methoxy groups -OCH3 is 1. The number of hydrogen-bond donors (Lipinski definition) is 1. The molecule has 140 valence electrons. The normalized spacial score (nSPS) is 14.2. The number of piperidine rings is 1. The highest BCUT2D eigenvalue weighted by Gasteiger charge is 2.16. The second-order valence-corrected chi connectivity index (χ2v) is 6.63. The van der Waals surface area contributed by atoms with Gasteiger partial charge in [-0.25, -0.2) is 0 Å². The Balaban J connectivity index is 1.48. The van der Waals surface area contributed by atoms with Crippen LogP contribution in [0.15, 0.2) is 53.1 Å². The van der Waals surface area contributed by atoms with Gasteiger partial charge in [0.15, 0.2) is 0 Å². The van der Waals surface area contributed by atoms with Gasteiger partial charge >= 0.3 is 0 Å². The molecule has 27 heavy (non-hydrogen) atoms. The van der Waals surface area contributed by atoms with Crippen molar-refractivity contribution in [1.82, 2.24) is 10.1 Å². The molecule has 0 unspecified atom stereocenters. The van der Waals surface area contributed by atoms with Gasteiger partial charge in [0.2, 0.25) is 11.7 Å². The zero-order chi connectivity index (χ0) is 18.5. The number of hydrogen-bond acceptors (Lipinski definition) is 6. The number of nitrogens with one attached hydrogen (secondary N) is 1. The van der Waals surface area contributed by atoms with Gasteiger partial charge in [0.05, 0.1) is 30.6 Å². The zero-order valence-corrected chi connectivity index (χ0v) is 15.5. The van der Waals surface area contributed by atoms with Crippen LogP contribution in [0.5, 0.6) is 5.75 Å². The van der Waals surface area contributed by atoms with Crippen LogP contribution in [-0.2, 0) is 6.54 Å². The first-order chi connectivity index (χ1) is 13.3. The molecule has 1 aromatic heterocycles. The maximum absolute atomic E-state index is 5.43. The summed E-state index contributed by atoms with van der Waals surface area (Å²) >= 11 is 0. The van der Waals surface area contributed by atoms with Crippen LogP contribution >= 0.6 is 0 Å². The van der Waals surface area contributed by atoms with E-state index in [-0.39, 0.29) is 0 Å².